The highest BCUT2D eigenvalue weighted by molar-refractivity contribution is 5.22. The standard InChI is InChI=1S/C13H24O/c1-10-6-5-9-13(3,4)12(10)8-7-11(2)14/h11,14H,5-9H2,1-4H3/t11-/m1/s1. The van der Waals surface area contributed by atoms with Crippen molar-refractivity contribution in [3.8, 4) is 0 Å². The Hall–Kier alpha value is -0.300. The van der Waals surface area contributed by atoms with Gasteiger partial charge in [-0.25, -0.2) is 0 Å². The molecule has 0 saturated heterocycles. The van der Waals surface area contributed by atoms with Crippen LogP contribution in [0.2, 0.25) is 0 Å². The van der Waals surface area contributed by atoms with Crippen LogP contribution in [0, 0.1) is 5.41 Å². The summed E-state index contributed by atoms with van der Waals surface area (Å²) in [5.41, 5.74) is 3.54. The lowest BCUT2D eigenvalue weighted by Crippen LogP contribution is -2.21. The Balaban J connectivity index is 2.70. The molecule has 0 saturated carbocycles. The van der Waals surface area contributed by atoms with E-state index in [9.17, 15) is 5.11 Å². The molecule has 1 heteroatoms. The molecule has 0 radical (unpaired) electrons. The fraction of sp³-hybridized carbons (Fsp3) is 0.846. The molecule has 0 bridgehead atoms. The van der Waals surface area contributed by atoms with Gasteiger partial charge in [0.15, 0.2) is 0 Å². The van der Waals surface area contributed by atoms with E-state index in [2.05, 4.69) is 20.8 Å². The lowest BCUT2D eigenvalue weighted by Gasteiger charge is -2.35. The van der Waals surface area contributed by atoms with Gasteiger partial charge in [-0.15, -0.1) is 0 Å². The van der Waals surface area contributed by atoms with Gasteiger partial charge in [-0.2, -0.15) is 0 Å². The lowest BCUT2D eigenvalue weighted by molar-refractivity contribution is 0.181. The molecule has 0 aromatic carbocycles. The first-order chi connectivity index (χ1) is 6.43. The summed E-state index contributed by atoms with van der Waals surface area (Å²) in [4.78, 5) is 0. The van der Waals surface area contributed by atoms with Crippen molar-refractivity contribution < 1.29 is 5.11 Å². The Bertz CT molecular complexity index is 223. The number of aliphatic hydroxyl groups excluding tert-OH is 1. The van der Waals surface area contributed by atoms with Crippen LogP contribution in [0.5, 0.6) is 0 Å². The van der Waals surface area contributed by atoms with Gasteiger partial charge in [-0.05, 0) is 51.4 Å². The molecule has 0 aromatic rings. The fourth-order valence-electron chi connectivity index (χ4n) is 2.58. The second-order valence-corrected chi connectivity index (χ2v) is 5.38. The number of aliphatic hydroxyl groups is 1. The van der Waals surface area contributed by atoms with Crippen LogP contribution in [0.25, 0.3) is 0 Å². The molecule has 0 spiro atoms. The minimum Gasteiger partial charge on any atom is -0.393 e. The zero-order valence-electron chi connectivity index (χ0n) is 10.1. The summed E-state index contributed by atoms with van der Waals surface area (Å²) in [6.45, 7) is 8.82. The molecule has 0 amide bonds. The summed E-state index contributed by atoms with van der Waals surface area (Å²) in [6.07, 6.45) is 5.73. The Morgan fingerprint density at radius 2 is 2.07 bits per heavy atom. The van der Waals surface area contributed by atoms with E-state index in [-0.39, 0.29) is 6.10 Å². The highest BCUT2D eigenvalue weighted by atomic mass is 16.3. The third kappa shape index (κ3) is 2.84. The van der Waals surface area contributed by atoms with Crippen molar-refractivity contribution in [2.75, 3.05) is 0 Å². The molecule has 1 aliphatic carbocycles. The summed E-state index contributed by atoms with van der Waals surface area (Å²) >= 11 is 0. The fourth-order valence-corrected chi connectivity index (χ4v) is 2.58. The maximum atomic E-state index is 9.32. The third-order valence-electron chi connectivity index (χ3n) is 3.50. The smallest absolute Gasteiger partial charge is 0.0515 e. The van der Waals surface area contributed by atoms with Crippen molar-refractivity contribution in [2.45, 2.75) is 65.9 Å². The van der Waals surface area contributed by atoms with Crippen LogP contribution in [-0.2, 0) is 0 Å². The molecule has 0 unspecified atom stereocenters. The van der Waals surface area contributed by atoms with Gasteiger partial charge in [0.2, 0.25) is 0 Å². The molecular weight excluding hydrogens is 172 g/mol. The van der Waals surface area contributed by atoms with E-state index >= 15 is 0 Å². The lowest BCUT2D eigenvalue weighted by atomic mass is 9.71. The van der Waals surface area contributed by atoms with Gasteiger partial charge >= 0.3 is 0 Å². The first kappa shape index (κ1) is 11.8. The van der Waals surface area contributed by atoms with Crippen LogP contribution < -0.4 is 0 Å². The van der Waals surface area contributed by atoms with Crippen molar-refractivity contribution in [1.82, 2.24) is 0 Å². The Labute approximate surface area is 88.2 Å². The maximum absolute atomic E-state index is 9.32. The van der Waals surface area contributed by atoms with Gasteiger partial charge in [-0.3, -0.25) is 0 Å². The van der Waals surface area contributed by atoms with E-state index in [4.69, 9.17) is 0 Å². The minimum absolute atomic E-state index is 0.159. The van der Waals surface area contributed by atoms with Crippen molar-refractivity contribution in [2.24, 2.45) is 5.41 Å². The molecule has 1 nitrogen and oxygen atoms in total. The van der Waals surface area contributed by atoms with Crippen LogP contribution in [0.1, 0.15) is 59.8 Å². The number of rotatable bonds is 3. The molecule has 14 heavy (non-hydrogen) atoms. The van der Waals surface area contributed by atoms with Crippen LogP contribution >= 0.6 is 0 Å². The van der Waals surface area contributed by atoms with Crippen LogP contribution in [0.15, 0.2) is 11.1 Å². The molecule has 0 aromatic heterocycles. The van der Waals surface area contributed by atoms with Gasteiger partial charge in [0.05, 0.1) is 6.10 Å². The van der Waals surface area contributed by atoms with Gasteiger partial charge in [0, 0.05) is 0 Å². The van der Waals surface area contributed by atoms with Gasteiger partial charge in [0.1, 0.15) is 0 Å². The maximum Gasteiger partial charge on any atom is 0.0515 e. The van der Waals surface area contributed by atoms with Crippen molar-refractivity contribution >= 4 is 0 Å². The van der Waals surface area contributed by atoms with E-state index in [1.54, 1.807) is 11.1 Å². The zero-order valence-corrected chi connectivity index (χ0v) is 10.1. The van der Waals surface area contributed by atoms with Gasteiger partial charge in [-0.1, -0.05) is 25.0 Å². The number of allylic oxidation sites excluding steroid dienone is 2. The third-order valence-corrected chi connectivity index (χ3v) is 3.50. The van der Waals surface area contributed by atoms with Crippen LogP contribution in [0.3, 0.4) is 0 Å². The Kier molecular flexibility index (Phi) is 3.77. The number of hydrogen-bond donors (Lipinski definition) is 1. The van der Waals surface area contributed by atoms with Crippen LogP contribution in [-0.4, -0.2) is 11.2 Å². The van der Waals surface area contributed by atoms with E-state index in [0.29, 0.717) is 5.41 Å². The van der Waals surface area contributed by atoms with Crippen molar-refractivity contribution in [3.05, 3.63) is 11.1 Å². The van der Waals surface area contributed by atoms with Gasteiger partial charge < -0.3 is 5.11 Å². The van der Waals surface area contributed by atoms with Crippen molar-refractivity contribution in [3.63, 3.8) is 0 Å². The summed E-state index contributed by atoms with van der Waals surface area (Å²) < 4.78 is 0. The van der Waals surface area contributed by atoms with E-state index < -0.39 is 0 Å². The molecule has 1 N–H and O–H groups in total. The predicted molar refractivity (Wildman–Crippen MR) is 61.2 cm³/mol. The first-order valence-electron chi connectivity index (χ1n) is 5.80. The monoisotopic (exact) mass is 196 g/mol. The summed E-state index contributed by atoms with van der Waals surface area (Å²) in [7, 11) is 0. The zero-order chi connectivity index (χ0) is 10.8. The van der Waals surface area contributed by atoms with E-state index in [1.165, 1.54) is 19.3 Å². The quantitative estimate of drug-likeness (QED) is 0.683. The van der Waals surface area contributed by atoms with Gasteiger partial charge in [0.25, 0.3) is 0 Å². The molecule has 0 heterocycles. The highest BCUT2D eigenvalue weighted by Crippen LogP contribution is 2.42. The molecule has 0 fully saturated rings. The topological polar surface area (TPSA) is 20.2 Å². The summed E-state index contributed by atoms with van der Waals surface area (Å²) in [5.74, 6) is 0. The molecule has 1 atom stereocenters. The molecule has 1 aliphatic rings. The van der Waals surface area contributed by atoms with E-state index in [1.807, 2.05) is 6.92 Å². The summed E-state index contributed by atoms with van der Waals surface area (Å²) in [5, 5.41) is 9.32. The molecular formula is C13H24O. The first-order valence-corrected chi connectivity index (χ1v) is 5.80. The average Bonchev–Trinajstić information content (AvgIpc) is 2.01. The second kappa shape index (κ2) is 4.48. The minimum atomic E-state index is -0.159. The Morgan fingerprint density at radius 1 is 1.43 bits per heavy atom. The second-order valence-electron chi connectivity index (χ2n) is 5.38. The Morgan fingerprint density at radius 3 is 2.57 bits per heavy atom. The SMILES string of the molecule is CC1=C(CC[C@@H](C)O)C(C)(C)CCC1. The average molecular weight is 196 g/mol. The summed E-state index contributed by atoms with van der Waals surface area (Å²) in [6, 6.07) is 0. The molecule has 0 aliphatic heterocycles. The van der Waals surface area contributed by atoms with Crippen LogP contribution in [0.4, 0.5) is 0 Å². The largest absolute Gasteiger partial charge is 0.393 e. The molecule has 82 valence electrons. The molecule has 1 rings (SSSR count). The van der Waals surface area contributed by atoms with Crippen molar-refractivity contribution in [1.29, 1.82) is 0 Å². The van der Waals surface area contributed by atoms with E-state index in [0.717, 1.165) is 12.8 Å². The predicted octanol–water partition coefficient (Wildman–Crippen LogP) is 3.67. The number of hydrogen-bond acceptors (Lipinski definition) is 1. The normalized spacial score (nSPS) is 23.8. The highest BCUT2D eigenvalue weighted by Gasteiger charge is 2.27.